The SMILES string of the molecule is CCC[C@H]1[C@@H](C)CC[C@H]2N(CC)C(=O)c3c(O)c(=O)c(C(=O)NCc4ccc(F)cc4I)cn3N12. The second-order valence-electron chi connectivity index (χ2n) is 9.19. The average Bonchev–Trinajstić information content (AvgIpc) is 2.82. The zero-order chi connectivity index (χ0) is 25.4. The van der Waals surface area contributed by atoms with Crippen LogP contribution in [0.2, 0.25) is 0 Å². The van der Waals surface area contributed by atoms with Gasteiger partial charge in [0.15, 0.2) is 11.4 Å². The minimum atomic E-state index is -0.887. The molecule has 3 atom stereocenters. The van der Waals surface area contributed by atoms with E-state index in [-0.39, 0.29) is 35.8 Å². The molecule has 0 radical (unpaired) electrons. The van der Waals surface area contributed by atoms with Gasteiger partial charge in [-0.05, 0) is 72.4 Å². The van der Waals surface area contributed by atoms with Crippen molar-refractivity contribution in [3.63, 3.8) is 0 Å². The monoisotopic (exact) mass is 596 g/mol. The van der Waals surface area contributed by atoms with E-state index in [2.05, 4.69) is 24.2 Å². The minimum Gasteiger partial charge on any atom is -0.502 e. The molecular weight excluding hydrogens is 566 g/mol. The Morgan fingerprint density at radius 2 is 2.00 bits per heavy atom. The van der Waals surface area contributed by atoms with Crippen LogP contribution in [0.4, 0.5) is 4.39 Å². The van der Waals surface area contributed by atoms with E-state index in [9.17, 15) is 23.9 Å². The number of carbonyl (C=O) groups excluding carboxylic acids is 2. The number of carbonyl (C=O) groups is 2. The first-order valence-corrected chi connectivity index (χ1v) is 13.1. The van der Waals surface area contributed by atoms with E-state index >= 15 is 0 Å². The molecule has 10 heteroatoms. The molecule has 1 aromatic carbocycles. The molecule has 3 heterocycles. The van der Waals surface area contributed by atoms with E-state index in [1.54, 1.807) is 15.6 Å². The lowest BCUT2D eigenvalue weighted by molar-refractivity contribution is 0.0433. The van der Waals surface area contributed by atoms with Crippen molar-refractivity contribution in [2.24, 2.45) is 5.92 Å². The molecule has 2 aromatic rings. The number of piperidine rings is 1. The maximum Gasteiger partial charge on any atom is 0.278 e. The van der Waals surface area contributed by atoms with Gasteiger partial charge in [-0.25, -0.2) is 4.39 Å². The number of nitrogens with zero attached hydrogens (tertiary/aromatic N) is 3. The average molecular weight is 596 g/mol. The molecule has 0 aliphatic carbocycles. The molecule has 1 aromatic heterocycles. The van der Waals surface area contributed by atoms with E-state index < -0.39 is 23.0 Å². The molecule has 1 saturated heterocycles. The molecule has 1 fully saturated rings. The first-order chi connectivity index (χ1) is 16.7. The maximum atomic E-state index is 13.4. The highest BCUT2D eigenvalue weighted by atomic mass is 127. The molecule has 0 spiro atoms. The van der Waals surface area contributed by atoms with Crippen molar-refractivity contribution in [1.29, 1.82) is 0 Å². The van der Waals surface area contributed by atoms with Gasteiger partial charge in [0.05, 0.1) is 6.04 Å². The Morgan fingerprint density at radius 1 is 1.26 bits per heavy atom. The van der Waals surface area contributed by atoms with Gasteiger partial charge in [-0.1, -0.05) is 26.3 Å². The summed E-state index contributed by atoms with van der Waals surface area (Å²) in [6.45, 7) is 6.68. The molecule has 2 amide bonds. The molecule has 35 heavy (non-hydrogen) atoms. The van der Waals surface area contributed by atoms with E-state index in [1.807, 2.05) is 29.5 Å². The van der Waals surface area contributed by atoms with Crippen LogP contribution in [0.5, 0.6) is 5.75 Å². The number of rotatable bonds is 6. The van der Waals surface area contributed by atoms with Crippen molar-refractivity contribution in [2.45, 2.75) is 65.2 Å². The summed E-state index contributed by atoms with van der Waals surface area (Å²) in [6, 6.07) is 4.32. The summed E-state index contributed by atoms with van der Waals surface area (Å²) in [7, 11) is 0. The van der Waals surface area contributed by atoms with Crippen molar-refractivity contribution < 1.29 is 19.1 Å². The summed E-state index contributed by atoms with van der Waals surface area (Å²) >= 11 is 1.98. The zero-order valence-electron chi connectivity index (χ0n) is 20.1. The van der Waals surface area contributed by atoms with Crippen LogP contribution in [0.1, 0.15) is 72.9 Å². The minimum absolute atomic E-state index is 0.0817. The van der Waals surface area contributed by atoms with Gasteiger partial charge in [0, 0.05) is 22.9 Å². The molecular formula is C25H30FIN4O4. The van der Waals surface area contributed by atoms with Crippen LogP contribution in [0.15, 0.2) is 29.2 Å². The Bertz CT molecular complexity index is 1220. The van der Waals surface area contributed by atoms with Crippen LogP contribution < -0.4 is 15.8 Å². The van der Waals surface area contributed by atoms with Crippen molar-refractivity contribution in [2.75, 3.05) is 11.6 Å². The highest BCUT2D eigenvalue weighted by Crippen LogP contribution is 2.36. The molecule has 2 N–H and O–H groups in total. The molecule has 8 nitrogen and oxygen atoms in total. The number of amides is 2. The fourth-order valence-electron chi connectivity index (χ4n) is 5.23. The van der Waals surface area contributed by atoms with E-state index in [0.29, 0.717) is 21.6 Å². The lowest BCUT2D eigenvalue weighted by atomic mass is 9.86. The summed E-state index contributed by atoms with van der Waals surface area (Å²) in [5.41, 5.74) is -0.534. The standard InChI is InChI=1S/C25H30FIN4O4/c1-4-6-19-14(3)7-10-20-29(5-2)25(35)21-23(33)22(32)17(13-30(21)31(19)20)24(34)28-12-15-8-9-16(26)11-18(15)27/h8-9,11,13-14,19-20,33H,4-7,10,12H2,1-3H3,(H,28,34)/t14-,19-,20-/m0/s1. The number of pyridine rings is 1. The third-order valence-corrected chi connectivity index (χ3v) is 8.05. The number of benzene rings is 1. The Morgan fingerprint density at radius 3 is 2.66 bits per heavy atom. The highest BCUT2D eigenvalue weighted by Gasteiger charge is 2.45. The zero-order valence-corrected chi connectivity index (χ0v) is 22.2. The summed E-state index contributed by atoms with van der Waals surface area (Å²) < 4.78 is 15.6. The highest BCUT2D eigenvalue weighted by molar-refractivity contribution is 14.1. The van der Waals surface area contributed by atoms with E-state index in [4.69, 9.17) is 0 Å². The number of halogens is 2. The Labute approximate surface area is 217 Å². The smallest absolute Gasteiger partial charge is 0.278 e. The van der Waals surface area contributed by atoms with Crippen LogP contribution in [0.25, 0.3) is 0 Å². The Balaban J connectivity index is 1.76. The van der Waals surface area contributed by atoms with Crippen molar-refractivity contribution >= 4 is 34.4 Å². The van der Waals surface area contributed by atoms with Gasteiger partial charge in [-0.15, -0.1) is 0 Å². The molecule has 2 aliphatic heterocycles. The van der Waals surface area contributed by atoms with Gasteiger partial charge in [-0.3, -0.25) is 24.1 Å². The molecule has 188 valence electrons. The normalized spacial score (nSPS) is 21.5. The van der Waals surface area contributed by atoms with E-state index in [1.165, 1.54) is 18.3 Å². The first-order valence-electron chi connectivity index (χ1n) is 12.0. The van der Waals surface area contributed by atoms with Crippen LogP contribution in [0, 0.1) is 15.3 Å². The van der Waals surface area contributed by atoms with Gasteiger partial charge in [0.1, 0.15) is 17.5 Å². The van der Waals surface area contributed by atoms with Crippen molar-refractivity contribution in [1.82, 2.24) is 14.9 Å². The third kappa shape index (κ3) is 4.52. The summed E-state index contributed by atoms with van der Waals surface area (Å²) in [5, 5.41) is 15.6. The first kappa shape index (κ1) is 25.5. The van der Waals surface area contributed by atoms with Crippen LogP contribution in [-0.2, 0) is 6.54 Å². The molecule has 0 unspecified atom stereocenters. The number of hydrogen-bond donors (Lipinski definition) is 2. The number of hydrogen-bond acceptors (Lipinski definition) is 5. The number of nitrogens with one attached hydrogen (secondary N) is 1. The van der Waals surface area contributed by atoms with Gasteiger partial charge < -0.3 is 15.3 Å². The Kier molecular flexibility index (Phi) is 7.39. The molecule has 0 saturated carbocycles. The van der Waals surface area contributed by atoms with Crippen LogP contribution >= 0.6 is 22.6 Å². The summed E-state index contributed by atoms with van der Waals surface area (Å²) in [6.07, 6.45) is 4.70. The number of aromatic nitrogens is 1. The Hall–Kier alpha value is -2.63. The largest absolute Gasteiger partial charge is 0.502 e. The van der Waals surface area contributed by atoms with Crippen LogP contribution in [0.3, 0.4) is 0 Å². The fraction of sp³-hybridized carbons (Fsp3) is 0.480. The topological polar surface area (TPSA) is 94.9 Å². The molecule has 0 bridgehead atoms. The van der Waals surface area contributed by atoms with E-state index in [0.717, 1.165) is 25.7 Å². The lowest BCUT2D eigenvalue weighted by Crippen LogP contribution is -2.67. The predicted octanol–water partition coefficient (Wildman–Crippen LogP) is 3.57. The van der Waals surface area contributed by atoms with Crippen LogP contribution in [-0.4, -0.2) is 45.2 Å². The summed E-state index contributed by atoms with van der Waals surface area (Å²) in [5.74, 6) is -1.84. The summed E-state index contributed by atoms with van der Waals surface area (Å²) in [4.78, 5) is 41.1. The second kappa shape index (κ2) is 10.2. The van der Waals surface area contributed by atoms with Gasteiger partial charge in [0.2, 0.25) is 5.43 Å². The van der Waals surface area contributed by atoms with Gasteiger partial charge in [0.25, 0.3) is 11.8 Å². The number of fused-ring (bicyclic) bond motifs is 3. The number of aromatic hydroxyl groups is 1. The quantitative estimate of drug-likeness (QED) is 0.498. The fourth-order valence-corrected chi connectivity index (χ4v) is 5.89. The van der Waals surface area contributed by atoms with Gasteiger partial charge in [-0.2, -0.15) is 0 Å². The predicted molar refractivity (Wildman–Crippen MR) is 138 cm³/mol. The van der Waals surface area contributed by atoms with Crippen molar-refractivity contribution in [3.8, 4) is 5.75 Å². The lowest BCUT2D eigenvalue weighted by Gasteiger charge is -2.54. The van der Waals surface area contributed by atoms with Gasteiger partial charge >= 0.3 is 0 Å². The second-order valence-corrected chi connectivity index (χ2v) is 10.4. The molecule has 2 aliphatic rings. The third-order valence-electron chi connectivity index (χ3n) is 7.04. The maximum absolute atomic E-state index is 13.4. The molecule has 4 rings (SSSR count). The van der Waals surface area contributed by atoms with Crippen molar-refractivity contribution in [3.05, 3.63) is 60.8 Å².